The molecule has 23 heavy (non-hydrogen) atoms. The minimum Gasteiger partial charge on any atom is -0.475 e. The van der Waals surface area contributed by atoms with Crippen LogP contribution in [0.25, 0.3) is 0 Å². The Bertz CT molecular complexity index is 611. The van der Waals surface area contributed by atoms with Crippen LogP contribution in [0.2, 0.25) is 0 Å². The summed E-state index contributed by atoms with van der Waals surface area (Å²) in [5, 5.41) is 6.47. The molecule has 6 heteroatoms. The van der Waals surface area contributed by atoms with E-state index in [1.165, 1.54) is 0 Å². The molecule has 2 rings (SSSR count). The highest BCUT2D eigenvalue weighted by molar-refractivity contribution is 5.79. The zero-order valence-electron chi connectivity index (χ0n) is 13.8. The zero-order chi connectivity index (χ0) is 16.5. The van der Waals surface area contributed by atoms with Gasteiger partial charge in [0, 0.05) is 32.1 Å². The van der Waals surface area contributed by atoms with Crippen LogP contribution in [0, 0.1) is 0 Å². The van der Waals surface area contributed by atoms with Crippen LogP contribution in [0.1, 0.15) is 25.1 Å². The fourth-order valence-electron chi connectivity index (χ4n) is 1.91. The molecule has 2 heterocycles. The highest BCUT2D eigenvalue weighted by Crippen LogP contribution is 2.09. The van der Waals surface area contributed by atoms with Crippen LogP contribution in [0.3, 0.4) is 0 Å². The average molecular weight is 313 g/mol. The minimum absolute atomic E-state index is 0.126. The van der Waals surface area contributed by atoms with Gasteiger partial charge in [-0.2, -0.15) is 0 Å². The van der Waals surface area contributed by atoms with Crippen molar-refractivity contribution in [2.75, 3.05) is 7.05 Å². The summed E-state index contributed by atoms with van der Waals surface area (Å²) in [5.74, 6) is 1.36. The summed E-state index contributed by atoms with van der Waals surface area (Å²) in [6.45, 7) is 5.22. The van der Waals surface area contributed by atoms with E-state index in [-0.39, 0.29) is 6.10 Å². The molecule has 0 saturated heterocycles. The lowest BCUT2D eigenvalue weighted by atomic mass is 10.3. The summed E-state index contributed by atoms with van der Waals surface area (Å²) >= 11 is 0. The van der Waals surface area contributed by atoms with Crippen molar-refractivity contribution in [2.45, 2.75) is 33.0 Å². The predicted molar refractivity (Wildman–Crippen MR) is 91.3 cm³/mol. The van der Waals surface area contributed by atoms with E-state index < -0.39 is 0 Å². The molecule has 0 aliphatic heterocycles. The summed E-state index contributed by atoms with van der Waals surface area (Å²) in [7, 11) is 1.74. The third-order valence-corrected chi connectivity index (χ3v) is 3.00. The van der Waals surface area contributed by atoms with Crippen molar-refractivity contribution >= 4 is 5.96 Å². The van der Waals surface area contributed by atoms with Crippen LogP contribution >= 0.6 is 0 Å². The minimum atomic E-state index is 0.126. The molecule has 122 valence electrons. The monoisotopic (exact) mass is 313 g/mol. The Morgan fingerprint density at radius 3 is 2.57 bits per heavy atom. The SMILES string of the molecule is CN=C(NCc1ccc(OC(C)C)nc1)NCc1ccccn1. The van der Waals surface area contributed by atoms with E-state index in [9.17, 15) is 0 Å². The molecule has 2 aromatic rings. The third kappa shape index (κ3) is 5.94. The molecular formula is C17H23N5O. The van der Waals surface area contributed by atoms with Crippen molar-refractivity contribution in [2.24, 2.45) is 4.99 Å². The van der Waals surface area contributed by atoms with Crippen LogP contribution in [0.5, 0.6) is 5.88 Å². The van der Waals surface area contributed by atoms with Gasteiger partial charge in [0.1, 0.15) is 0 Å². The smallest absolute Gasteiger partial charge is 0.213 e. The van der Waals surface area contributed by atoms with E-state index in [1.54, 1.807) is 19.4 Å². The van der Waals surface area contributed by atoms with Gasteiger partial charge < -0.3 is 15.4 Å². The van der Waals surface area contributed by atoms with Crippen molar-refractivity contribution in [3.8, 4) is 5.88 Å². The predicted octanol–water partition coefficient (Wildman–Crippen LogP) is 2.13. The van der Waals surface area contributed by atoms with Gasteiger partial charge in [-0.05, 0) is 31.5 Å². The number of rotatable bonds is 6. The van der Waals surface area contributed by atoms with Gasteiger partial charge in [0.05, 0.1) is 18.3 Å². The van der Waals surface area contributed by atoms with Gasteiger partial charge in [0.15, 0.2) is 5.96 Å². The summed E-state index contributed by atoms with van der Waals surface area (Å²) in [6, 6.07) is 9.70. The molecule has 2 aromatic heterocycles. The van der Waals surface area contributed by atoms with E-state index in [0.717, 1.165) is 17.2 Å². The first-order valence-corrected chi connectivity index (χ1v) is 7.63. The van der Waals surface area contributed by atoms with Crippen LogP contribution < -0.4 is 15.4 Å². The zero-order valence-corrected chi connectivity index (χ0v) is 13.8. The number of aromatic nitrogens is 2. The number of nitrogens with one attached hydrogen (secondary N) is 2. The van der Waals surface area contributed by atoms with Crippen molar-refractivity contribution in [1.82, 2.24) is 20.6 Å². The molecule has 0 amide bonds. The molecule has 0 aliphatic carbocycles. The summed E-state index contributed by atoms with van der Waals surface area (Å²) < 4.78 is 5.53. The van der Waals surface area contributed by atoms with Gasteiger partial charge in [-0.1, -0.05) is 12.1 Å². The molecule has 0 bridgehead atoms. The first-order chi connectivity index (χ1) is 11.2. The number of ether oxygens (including phenoxy) is 1. The van der Waals surface area contributed by atoms with Crippen molar-refractivity contribution in [1.29, 1.82) is 0 Å². The van der Waals surface area contributed by atoms with Gasteiger partial charge >= 0.3 is 0 Å². The average Bonchev–Trinajstić information content (AvgIpc) is 2.57. The quantitative estimate of drug-likeness (QED) is 0.631. The Labute approximate surface area is 137 Å². The largest absolute Gasteiger partial charge is 0.475 e. The third-order valence-electron chi connectivity index (χ3n) is 3.00. The maximum Gasteiger partial charge on any atom is 0.213 e. The van der Waals surface area contributed by atoms with Crippen LogP contribution in [-0.2, 0) is 13.1 Å². The Kier molecular flexibility index (Phi) is 6.35. The van der Waals surface area contributed by atoms with Crippen molar-refractivity contribution in [3.63, 3.8) is 0 Å². The lowest BCUT2D eigenvalue weighted by Gasteiger charge is -2.12. The molecule has 0 spiro atoms. The van der Waals surface area contributed by atoms with E-state index in [0.29, 0.717) is 19.0 Å². The lowest BCUT2D eigenvalue weighted by Crippen LogP contribution is -2.36. The Morgan fingerprint density at radius 1 is 1.13 bits per heavy atom. The summed E-state index contributed by atoms with van der Waals surface area (Å²) in [5.41, 5.74) is 2.02. The van der Waals surface area contributed by atoms with E-state index in [2.05, 4.69) is 25.6 Å². The molecule has 0 unspecified atom stereocenters. The number of aliphatic imine (C=N–C) groups is 1. The topological polar surface area (TPSA) is 71.4 Å². The molecule has 0 atom stereocenters. The molecule has 0 saturated carbocycles. The van der Waals surface area contributed by atoms with E-state index in [1.807, 2.05) is 44.2 Å². The first-order valence-electron chi connectivity index (χ1n) is 7.63. The molecular weight excluding hydrogens is 290 g/mol. The maximum atomic E-state index is 5.53. The maximum absolute atomic E-state index is 5.53. The molecule has 0 aliphatic rings. The molecule has 0 radical (unpaired) electrons. The number of pyridine rings is 2. The van der Waals surface area contributed by atoms with Gasteiger partial charge in [0.25, 0.3) is 0 Å². The van der Waals surface area contributed by atoms with E-state index >= 15 is 0 Å². The highest BCUT2D eigenvalue weighted by atomic mass is 16.5. The second kappa shape index (κ2) is 8.73. The van der Waals surface area contributed by atoms with Gasteiger partial charge in [-0.15, -0.1) is 0 Å². The molecule has 0 fully saturated rings. The fraction of sp³-hybridized carbons (Fsp3) is 0.353. The Balaban J connectivity index is 1.81. The van der Waals surface area contributed by atoms with Crippen LogP contribution in [-0.4, -0.2) is 29.1 Å². The fourth-order valence-corrected chi connectivity index (χ4v) is 1.91. The Hall–Kier alpha value is -2.63. The Morgan fingerprint density at radius 2 is 1.96 bits per heavy atom. The van der Waals surface area contributed by atoms with E-state index in [4.69, 9.17) is 4.74 Å². The van der Waals surface area contributed by atoms with Crippen molar-refractivity contribution < 1.29 is 4.74 Å². The highest BCUT2D eigenvalue weighted by Gasteiger charge is 2.02. The van der Waals surface area contributed by atoms with Crippen LogP contribution in [0.4, 0.5) is 0 Å². The van der Waals surface area contributed by atoms with Gasteiger partial charge in [0.2, 0.25) is 5.88 Å². The molecule has 6 nitrogen and oxygen atoms in total. The second-order valence-electron chi connectivity index (χ2n) is 5.27. The van der Waals surface area contributed by atoms with Crippen molar-refractivity contribution in [3.05, 3.63) is 54.0 Å². The van der Waals surface area contributed by atoms with Gasteiger partial charge in [-0.3, -0.25) is 9.98 Å². The first kappa shape index (κ1) is 16.7. The second-order valence-corrected chi connectivity index (χ2v) is 5.27. The van der Waals surface area contributed by atoms with Gasteiger partial charge in [-0.25, -0.2) is 4.98 Å². The lowest BCUT2D eigenvalue weighted by molar-refractivity contribution is 0.232. The normalized spacial score (nSPS) is 11.4. The summed E-state index contributed by atoms with van der Waals surface area (Å²) in [4.78, 5) is 12.7. The number of hydrogen-bond donors (Lipinski definition) is 2. The van der Waals surface area contributed by atoms with Crippen LogP contribution in [0.15, 0.2) is 47.7 Å². The number of nitrogens with zero attached hydrogens (tertiary/aromatic N) is 3. The standard InChI is InChI=1S/C17H23N5O/c1-13(2)23-16-8-7-14(10-20-16)11-21-17(18-3)22-12-15-6-4-5-9-19-15/h4-10,13H,11-12H2,1-3H3,(H2,18,21,22). The number of hydrogen-bond acceptors (Lipinski definition) is 4. The molecule has 0 aromatic carbocycles. The number of guanidine groups is 1. The summed E-state index contributed by atoms with van der Waals surface area (Å²) in [6.07, 6.45) is 3.71. The molecule has 2 N–H and O–H groups in total.